The molecule has 6 nitrogen and oxygen atoms in total. The van der Waals surface area contributed by atoms with Crippen molar-refractivity contribution in [3.05, 3.63) is 53.6 Å². The van der Waals surface area contributed by atoms with E-state index in [1.807, 2.05) is 6.07 Å². The summed E-state index contributed by atoms with van der Waals surface area (Å²) in [6.45, 7) is 0.0335. The number of carbonyl (C=O) groups is 1. The van der Waals surface area contributed by atoms with Crippen LogP contribution >= 0.6 is 0 Å². The highest BCUT2D eigenvalue weighted by atomic mass is 19.3. The topological polar surface area (TPSA) is 60.0 Å². The average molecular weight is 418 g/mol. The number of hydrogen-bond acceptors (Lipinski definition) is 5. The fraction of sp³-hybridized carbons (Fsp3) is 0.409. The van der Waals surface area contributed by atoms with E-state index in [9.17, 15) is 13.6 Å². The minimum absolute atomic E-state index is 0.0728. The first-order chi connectivity index (χ1) is 14.6. The third kappa shape index (κ3) is 4.05. The van der Waals surface area contributed by atoms with E-state index in [2.05, 4.69) is 5.32 Å². The van der Waals surface area contributed by atoms with Crippen LogP contribution in [0.1, 0.15) is 41.9 Å². The summed E-state index contributed by atoms with van der Waals surface area (Å²) < 4.78 is 42.6. The van der Waals surface area contributed by atoms with Crippen LogP contribution in [-0.4, -0.2) is 43.3 Å². The van der Waals surface area contributed by atoms with Gasteiger partial charge in [0.2, 0.25) is 0 Å². The van der Waals surface area contributed by atoms with E-state index in [-0.39, 0.29) is 23.5 Å². The Morgan fingerprint density at radius 1 is 1.23 bits per heavy atom. The maximum Gasteiger partial charge on any atom is 0.387 e. The van der Waals surface area contributed by atoms with Crippen molar-refractivity contribution in [2.24, 2.45) is 0 Å². The van der Waals surface area contributed by atoms with Crippen LogP contribution in [0.4, 0.5) is 14.5 Å². The first-order valence-corrected chi connectivity index (χ1v) is 10.1. The molecule has 1 saturated heterocycles. The highest BCUT2D eigenvalue weighted by Crippen LogP contribution is 2.42. The highest BCUT2D eigenvalue weighted by Gasteiger charge is 2.37. The van der Waals surface area contributed by atoms with Crippen molar-refractivity contribution in [3.8, 4) is 11.5 Å². The SMILES string of the molecule is CCOc1cccc([C@H]2Nc3ccccc3C(=O)N2C[C@H]2CCCO2)c1OC(F)F. The summed E-state index contributed by atoms with van der Waals surface area (Å²) in [6.07, 6.45) is 0.974. The molecule has 0 spiro atoms. The first-order valence-electron chi connectivity index (χ1n) is 10.1. The Morgan fingerprint density at radius 3 is 2.80 bits per heavy atom. The number of nitrogens with zero attached hydrogens (tertiary/aromatic N) is 1. The van der Waals surface area contributed by atoms with E-state index in [4.69, 9.17) is 14.2 Å². The molecule has 0 saturated carbocycles. The lowest BCUT2D eigenvalue weighted by Crippen LogP contribution is -2.46. The fourth-order valence-electron chi connectivity index (χ4n) is 3.97. The monoisotopic (exact) mass is 418 g/mol. The number of carbonyl (C=O) groups excluding carboxylic acids is 1. The molecule has 2 aromatic rings. The Hall–Kier alpha value is -2.87. The maximum absolute atomic E-state index is 13.3. The summed E-state index contributed by atoms with van der Waals surface area (Å²) in [5.74, 6) is -0.0495. The van der Waals surface area contributed by atoms with Crippen LogP contribution in [0.2, 0.25) is 0 Å². The number of ether oxygens (including phenoxy) is 3. The highest BCUT2D eigenvalue weighted by molar-refractivity contribution is 6.01. The molecule has 2 aromatic carbocycles. The second-order valence-electron chi connectivity index (χ2n) is 7.17. The Kier molecular flexibility index (Phi) is 6.03. The number of halogens is 2. The van der Waals surface area contributed by atoms with Crippen LogP contribution in [0.5, 0.6) is 11.5 Å². The molecule has 0 aromatic heterocycles. The van der Waals surface area contributed by atoms with Crippen LogP contribution < -0.4 is 14.8 Å². The van der Waals surface area contributed by atoms with Crippen LogP contribution in [0.3, 0.4) is 0 Å². The van der Waals surface area contributed by atoms with Gasteiger partial charge in [0.1, 0.15) is 6.17 Å². The van der Waals surface area contributed by atoms with Gasteiger partial charge in [0.25, 0.3) is 5.91 Å². The maximum atomic E-state index is 13.3. The zero-order chi connectivity index (χ0) is 21.1. The summed E-state index contributed by atoms with van der Waals surface area (Å²) in [7, 11) is 0. The third-order valence-electron chi connectivity index (χ3n) is 5.26. The van der Waals surface area contributed by atoms with E-state index < -0.39 is 12.8 Å². The molecule has 1 fully saturated rings. The van der Waals surface area contributed by atoms with Crippen LogP contribution in [0.25, 0.3) is 0 Å². The second-order valence-corrected chi connectivity index (χ2v) is 7.17. The van der Waals surface area contributed by atoms with E-state index >= 15 is 0 Å². The second kappa shape index (κ2) is 8.87. The van der Waals surface area contributed by atoms with Crippen LogP contribution in [0, 0.1) is 0 Å². The molecule has 0 bridgehead atoms. The van der Waals surface area contributed by atoms with E-state index in [1.54, 1.807) is 48.2 Å². The standard InChI is InChI=1S/C22H24F2N2O4/c1-2-28-18-11-5-9-16(19(18)30-22(23)24)20-25-17-10-4-3-8-15(17)21(27)26(20)13-14-7-6-12-29-14/h3-5,8-11,14,20,22,25H,2,6-7,12-13H2,1H3/t14-,20+/m1/s1. The van der Waals surface area contributed by atoms with Gasteiger partial charge in [-0.1, -0.05) is 24.3 Å². The molecule has 2 heterocycles. The molecule has 2 atom stereocenters. The van der Waals surface area contributed by atoms with E-state index in [0.29, 0.717) is 36.6 Å². The molecule has 2 aliphatic heterocycles. The van der Waals surface area contributed by atoms with Crippen molar-refractivity contribution in [2.75, 3.05) is 25.1 Å². The number of nitrogens with one attached hydrogen (secondary N) is 1. The molecule has 4 rings (SSSR count). The number of alkyl halides is 2. The quantitative estimate of drug-likeness (QED) is 0.721. The zero-order valence-corrected chi connectivity index (χ0v) is 16.6. The van der Waals surface area contributed by atoms with Crippen molar-refractivity contribution in [1.82, 2.24) is 4.90 Å². The third-order valence-corrected chi connectivity index (χ3v) is 5.26. The Morgan fingerprint density at radius 2 is 2.07 bits per heavy atom. The van der Waals surface area contributed by atoms with Gasteiger partial charge in [-0.05, 0) is 38.0 Å². The van der Waals surface area contributed by atoms with Crippen molar-refractivity contribution in [1.29, 1.82) is 0 Å². The van der Waals surface area contributed by atoms with Crippen LogP contribution in [0.15, 0.2) is 42.5 Å². The van der Waals surface area contributed by atoms with Gasteiger partial charge in [0, 0.05) is 24.4 Å². The van der Waals surface area contributed by atoms with Gasteiger partial charge in [0.05, 0.1) is 18.3 Å². The van der Waals surface area contributed by atoms with Crippen molar-refractivity contribution < 1.29 is 27.8 Å². The summed E-state index contributed by atoms with van der Waals surface area (Å²) in [6, 6.07) is 12.1. The number of rotatable bonds is 7. The largest absolute Gasteiger partial charge is 0.490 e. The summed E-state index contributed by atoms with van der Waals surface area (Å²) in [5.41, 5.74) is 1.58. The van der Waals surface area contributed by atoms with Gasteiger partial charge >= 0.3 is 6.61 Å². The predicted molar refractivity (Wildman–Crippen MR) is 107 cm³/mol. The minimum Gasteiger partial charge on any atom is -0.490 e. The number of fused-ring (bicyclic) bond motifs is 1. The molecular weight excluding hydrogens is 394 g/mol. The first kappa shape index (κ1) is 20.4. The molecule has 1 amide bonds. The smallest absolute Gasteiger partial charge is 0.387 e. The lowest BCUT2D eigenvalue weighted by Gasteiger charge is -2.39. The molecule has 0 aliphatic carbocycles. The van der Waals surface area contributed by atoms with Crippen molar-refractivity contribution >= 4 is 11.6 Å². The zero-order valence-electron chi connectivity index (χ0n) is 16.6. The molecule has 1 N–H and O–H groups in total. The average Bonchev–Trinajstić information content (AvgIpc) is 3.24. The van der Waals surface area contributed by atoms with Gasteiger partial charge in [0.15, 0.2) is 11.5 Å². The predicted octanol–water partition coefficient (Wildman–Crippen LogP) is 4.43. The normalized spacial score (nSPS) is 20.8. The summed E-state index contributed by atoms with van der Waals surface area (Å²) >= 11 is 0. The minimum atomic E-state index is -3.02. The Balaban J connectivity index is 1.78. The van der Waals surface area contributed by atoms with Gasteiger partial charge in [-0.25, -0.2) is 0 Å². The Labute approximate surface area is 173 Å². The van der Waals surface area contributed by atoms with E-state index in [0.717, 1.165) is 12.8 Å². The molecule has 2 aliphatic rings. The molecule has 8 heteroatoms. The molecular formula is C22H24F2N2O4. The summed E-state index contributed by atoms with van der Waals surface area (Å²) in [4.78, 5) is 15.0. The lowest BCUT2D eigenvalue weighted by atomic mass is 10.0. The van der Waals surface area contributed by atoms with Crippen LogP contribution in [-0.2, 0) is 4.74 Å². The number of para-hydroxylation sites is 2. The van der Waals surface area contributed by atoms with Gasteiger partial charge in [-0.3, -0.25) is 4.79 Å². The van der Waals surface area contributed by atoms with E-state index in [1.165, 1.54) is 0 Å². The number of hydrogen-bond donors (Lipinski definition) is 1. The fourth-order valence-corrected chi connectivity index (χ4v) is 3.97. The molecule has 160 valence electrons. The van der Waals surface area contributed by atoms with Gasteiger partial charge in [-0.15, -0.1) is 0 Å². The van der Waals surface area contributed by atoms with Crippen molar-refractivity contribution in [3.63, 3.8) is 0 Å². The molecule has 0 unspecified atom stereocenters. The molecule has 0 radical (unpaired) electrons. The number of amides is 1. The van der Waals surface area contributed by atoms with Gasteiger partial charge in [-0.2, -0.15) is 8.78 Å². The summed E-state index contributed by atoms with van der Waals surface area (Å²) in [5, 5.41) is 3.32. The van der Waals surface area contributed by atoms with Gasteiger partial charge < -0.3 is 24.4 Å². The number of benzene rings is 2. The molecule has 30 heavy (non-hydrogen) atoms. The Bertz CT molecular complexity index is 902. The lowest BCUT2D eigenvalue weighted by molar-refractivity contribution is -0.0527. The van der Waals surface area contributed by atoms with Crippen molar-refractivity contribution in [2.45, 2.75) is 38.6 Å². The number of anilines is 1.